The number of hydrogen-bond acceptors (Lipinski definition) is 5. The van der Waals surface area contributed by atoms with Crippen LogP contribution in [0.15, 0.2) is 29.4 Å². The van der Waals surface area contributed by atoms with Gasteiger partial charge >= 0.3 is 5.82 Å². The standard InChI is InChI=1S/C7H4BrN5O2/c8-5-1-9-7(10-2-5)12-3-6(11-4-12)13(14)15/h1-4H. The quantitative estimate of drug-likeness (QED) is 0.606. The molecule has 76 valence electrons. The second-order valence-electron chi connectivity index (χ2n) is 2.60. The van der Waals surface area contributed by atoms with E-state index in [0.29, 0.717) is 5.95 Å². The van der Waals surface area contributed by atoms with Crippen LogP contribution in [-0.4, -0.2) is 24.4 Å². The van der Waals surface area contributed by atoms with Crippen molar-refractivity contribution in [1.82, 2.24) is 19.5 Å². The van der Waals surface area contributed by atoms with Crippen LogP contribution in [0.25, 0.3) is 5.95 Å². The van der Waals surface area contributed by atoms with Crippen molar-refractivity contribution in [1.29, 1.82) is 0 Å². The highest BCUT2D eigenvalue weighted by atomic mass is 79.9. The van der Waals surface area contributed by atoms with Crippen LogP contribution >= 0.6 is 15.9 Å². The van der Waals surface area contributed by atoms with Gasteiger partial charge in [0.1, 0.15) is 6.20 Å². The molecule has 0 saturated carbocycles. The molecule has 0 amide bonds. The number of rotatable bonds is 2. The number of imidazole rings is 1. The Morgan fingerprint density at radius 3 is 2.53 bits per heavy atom. The molecule has 2 rings (SSSR count). The Bertz CT molecular complexity index is 494. The van der Waals surface area contributed by atoms with Crippen molar-refractivity contribution >= 4 is 21.7 Å². The van der Waals surface area contributed by atoms with Crippen molar-refractivity contribution in [3.8, 4) is 5.95 Å². The van der Waals surface area contributed by atoms with Crippen molar-refractivity contribution in [3.63, 3.8) is 0 Å². The lowest BCUT2D eigenvalue weighted by Gasteiger charge is -1.96. The van der Waals surface area contributed by atoms with E-state index in [2.05, 4.69) is 30.9 Å². The minimum atomic E-state index is -0.574. The highest BCUT2D eigenvalue weighted by Crippen LogP contribution is 2.11. The summed E-state index contributed by atoms with van der Waals surface area (Å²) in [6.45, 7) is 0. The first-order valence-electron chi connectivity index (χ1n) is 3.83. The summed E-state index contributed by atoms with van der Waals surface area (Å²) in [5.74, 6) is 0.0975. The first-order chi connectivity index (χ1) is 7.16. The third-order valence-corrected chi connectivity index (χ3v) is 2.00. The van der Waals surface area contributed by atoms with Gasteiger partial charge in [-0.2, -0.15) is 0 Å². The second kappa shape index (κ2) is 3.73. The molecule has 2 aromatic rings. The lowest BCUT2D eigenvalue weighted by Crippen LogP contribution is -1.97. The summed E-state index contributed by atoms with van der Waals surface area (Å²) in [6.07, 6.45) is 5.65. The average Bonchev–Trinajstić information content (AvgIpc) is 2.68. The Balaban J connectivity index is 2.37. The molecular weight excluding hydrogens is 266 g/mol. The predicted molar refractivity (Wildman–Crippen MR) is 53.5 cm³/mol. The third-order valence-electron chi connectivity index (χ3n) is 1.59. The molecule has 0 saturated heterocycles. The van der Waals surface area contributed by atoms with Gasteiger partial charge in [0.25, 0.3) is 0 Å². The van der Waals surface area contributed by atoms with Gasteiger partial charge in [0.15, 0.2) is 0 Å². The summed E-state index contributed by atoms with van der Waals surface area (Å²) in [4.78, 5) is 21.3. The van der Waals surface area contributed by atoms with E-state index in [1.54, 1.807) is 12.4 Å². The van der Waals surface area contributed by atoms with E-state index in [1.807, 2.05) is 0 Å². The van der Waals surface area contributed by atoms with Crippen molar-refractivity contribution in [2.45, 2.75) is 0 Å². The topological polar surface area (TPSA) is 86.7 Å². The van der Waals surface area contributed by atoms with E-state index >= 15 is 0 Å². The predicted octanol–water partition coefficient (Wildman–Crippen LogP) is 1.33. The molecule has 7 nitrogen and oxygen atoms in total. The largest absolute Gasteiger partial charge is 0.382 e. The van der Waals surface area contributed by atoms with Crippen LogP contribution < -0.4 is 0 Å². The van der Waals surface area contributed by atoms with Gasteiger partial charge in [0, 0.05) is 12.4 Å². The zero-order chi connectivity index (χ0) is 10.8. The first-order valence-corrected chi connectivity index (χ1v) is 4.62. The monoisotopic (exact) mass is 269 g/mol. The molecule has 2 aromatic heterocycles. The molecule has 0 unspecified atom stereocenters. The van der Waals surface area contributed by atoms with Crippen molar-refractivity contribution in [2.24, 2.45) is 0 Å². The van der Waals surface area contributed by atoms with Gasteiger partial charge in [-0.05, 0) is 25.8 Å². The Kier molecular flexibility index (Phi) is 2.42. The molecule has 0 aliphatic rings. The molecule has 0 N–H and O–H groups in total. The average molecular weight is 270 g/mol. The van der Waals surface area contributed by atoms with Crippen LogP contribution in [0.1, 0.15) is 0 Å². The van der Waals surface area contributed by atoms with Gasteiger partial charge < -0.3 is 10.1 Å². The minimum Gasteiger partial charge on any atom is -0.358 e. The molecule has 0 atom stereocenters. The van der Waals surface area contributed by atoms with Crippen molar-refractivity contribution in [2.75, 3.05) is 0 Å². The highest BCUT2D eigenvalue weighted by Gasteiger charge is 2.11. The van der Waals surface area contributed by atoms with Crippen LogP contribution in [-0.2, 0) is 0 Å². The number of nitro groups is 1. The van der Waals surface area contributed by atoms with E-state index in [0.717, 1.165) is 4.47 Å². The molecule has 0 bridgehead atoms. The van der Waals surface area contributed by atoms with Gasteiger partial charge in [-0.1, -0.05) is 0 Å². The molecule has 0 aromatic carbocycles. The maximum absolute atomic E-state index is 10.4. The normalized spacial score (nSPS) is 10.2. The second-order valence-corrected chi connectivity index (χ2v) is 3.51. The Labute approximate surface area is 92.1 Å². The summed E-state index contributed by atoms with van der Waals surface area (Å²) < 4.78 is 2.12. The third kappa shape index (κ3) is 1.99. The smallest absolute Gasteiger partial charge is 0.358 e. The summed E-state index contributed by atoms with van der Waals surface area (Å²) in [7, 11) is 0. The van der Waals surface area contributed by atoms with E-state index in [4.69, 9.17) is 0 Å². The van der Waals surface area contributed by atoms with Crippen molar-refractivity contribution < 1.29 is 4.92 Å². The fraction of sp³-hybridized carbons (Fsp3) is 0. The van der Waals surface area contributed by atoms with E-state index in [-0.39, 0.29) is 5.82 Å². The fourth-order valence-corrected chi connectivity index (χ4v) is 1.16. The number of halogens is 1. The zero-order valence-electron chi connectivity index (χ0n) is 7.24. The maximum atomic E-state index is 10.4. The van der Waals surface area contributed by atoms with E-state index in [1.165, 1.54) is 17.1 Å². The Morgan fingerprint density at radius 1 is 1.33 bits per heavy atom. The lowest BCUT2D eigenvalue weighted by atomic mass is 10.6. The molecule has 15 heavy (non-hydrogen) atoms. The van der Waals surface area contributed by atoms with Gasteiger partial charge in [-0.15, -0.1) is 0 Å². The lowest BCUT2D eigenvalue weighted by molar-refractivity contribution is -0.389. The van der Waals surface area contributed by atoms with Gasteiger partial charge in [-0.25, -0.2) is 14.5 Å². The van der Waals surface area contributed by atoms with E-state index < -0.39 is 4.92 Å². The molecular formula is C7H4BrN5O2. The van der Waals surface area contributed by atoms with Gasteiger partial charge in [0.05, 0.1) is 4.47 Å². The maximum Gasteiger partial charge on any atom is 0.382 e. The summed E-state index contributed by atoms with van der Waals surface area (Å²) in [6, 6.07) is 0. The Morgan fingerprint density at radius 2 is 2.00 bits per heavy atom. The van der Waals surface area contributed by atoms with Gasteiger partial charge in [-0.3, -0.25) is 0 Å². The van der Waals surface area contributed by atoms with Gasteiger partial charge in [0.2, 0.25) is 12.3 Å². The SMILES string of the molecule is O=[N+]([O-])c1cn(-c2ncc(Br)cn2)cn1. The number of aromatic nitrogens is 4. The highest BCUT2D eigenvalue weighted by molar-refractivity contribution is 9.10. The number of hydrogen-bond donors (Lipinski definition) is 0. The van der Waals surface area contributed by atoms with Crippen molar-refractivity contribution in [3.05, 3.63) is 39.5 Å². The van der Waals surface area contributed by atoms with Crippen LogP contribution in [0, 0.1) is 10.1 Å². The molecule has 2 heterocycles. The first kappa shape index (κ1) is 9.71. The summed E-state index contributed by atoms with van der Waals surface area (Å²) in [5.41, 5.74) is 0. The fourth-order valence-electron chi connectivity index (χ4n) is 0.955. The molecule has 0 aliphatic carbocycles. The van der Waals surface area contributed by atoms with E-state index in [9.17, 15) is 10.1 Å². The van der Waals surface area contributed by atoms with Crippen LogP contribution in [0.5, 0.6) is 0 Å². The summed E-state index contributed by atoms with van der Waals surface area (Å²) >= 11 is 3.19. The van der Waals surface area contributed by atoms with Crippen LogP contribution in [0.2, 0.25) is 0 Å². The molecule has 0 spiro atoms. The minimum absolute atomic E-state index is 0.235. The molecule has 0 aliphatic heterocycles. The molecule has 8 heteroatoms. The Hall–Kier alpha value is -1.83. The molecule has 0 radical (unpaired) electrons. The van der Waals surface area contributed by atoms with Crippen LogP contribution in [0.4, 0.5) is 5.82 Å². The number of nitrogens with zero attached hydrogens (tertiary/aromatic N) is 5. The molecule has 0 fully saturated rings. The zero-order valence-corrected chi connectivity index (χ0v) is 8.83. The summed E-state index contributed by atoms with van der Waals surface area (Å²) in [5, 5.41) is 10.4. The van der Waals surface area contributed by atoms with Crippen LogP contribution in [0.3, 0.4) is 0 Å².